The first kappa shape index (κ1) is 9.58. The average Bonchev–Trinajstić information content (AvgIpc) is 3.15. The molecule has 0 aromatic rings. The largest absolute Gasteiger partial charge is 0.371 e. The van der Waals surface area contributed by atoms with Crippen LogP contribution in [-0.2, 0) is 4.74 Å². The van der Waals surface area contributed by atoms with Crippen LogP contribution in [0, 0.1) is 47.3 Å². The van der Waals surface area contributed by atoms with Crippen molar-refractivity contribution in [1.29, 1.82) is 0 Å². The zero-order valence-electron chi connectivity index (χ0n) is 11.1. The van der Waals surface area contributed by atoms with Crippen molar-refractivity contribution in [1.82, 2.24) is 0 Å². The van der Waals surface area contributed by atoms with Crippen molar-refractivity contribution in [3.8, 4) is 0 Å². The van der Waals surface area contributed by atoms with Gasteiger partial charge in [-0.25, -0.2) is 0 Å². The molecule has 2 aliphatic heterocycles. The van der Waals surface area contributed by atoms with Crippen molar-refractivity contribution in [2.45, 2.75) is 44.3 Å². The lowest BCUT2D eigenvalue weighted by Crippen LogP contribution is -2.50. The van der Waals surface area contributed by atoms with Crippen molar-refractivity contribution < 1.29 is 4.74 Å². The SMILES string of the molecule is CC12OC(C3C4C=CC(C4)C31)C1C3CCC(C3)C12. The Balaban J connectivity index is 1.53. The standard InChI is InChI=1S/C17H22O/c1-17-14-10-4-2-8(6-10)12(14)16(18-17)13-9-3-5-11(7-9)15(13)17/h2,4,8-16H,3,5-7H2,1H3. The van der Waals surface area contributed by atoms with Gasteiger partial charge in [-0.3, -0.25) is 0 Å². The van der Waals surface area contributed by atoms with Gasteiger partial charge in [0.15, 0.2) is 0 Å². The van der Waals surface area contributed by atoms with E-state index in [2.05, 4.69) is 19.1 Å². The van der Waals surface area contributed by atoms with Crippen LogP contribution in [0.3, 0.4) is 0 Å². The summed E-state index contributed by atoms with van der Waals surface area (Å²) >= 11 is 0. The molecule has 0 spiro atoms. The average molecular weight is 242 g/mol. The molecule has 6 rings (SSSR count). The third-order valence-corrected chi connectivity index (χ3v) is 7.97. The second kappa shape index (κ2) is 2.61. The Morgan fingerprint density at radius 3 is 2.72 bits per heavy atom. The molecule has 1 nitrogen and oxygen atoms in total. The van der Waals surface area contributed by atoms with Crippen molar-refractivity contribution in [2.24, 2.45) is 47.3 Å². The minimum absolute atomic E-state index is 0.268. The number of allylic oxidation sites excluding steroid dienone is 2. The fourth-order valence-corrected chi connectivity index (χ4v) is 7.86. The summed E-state index contributed by atoms with van der Waals surface area (Å²) in [5.41, 5.74) is 0.268. The lowest BCUT2D eigenvalue weighted by molar-refractivity contribution is -0.0395. The fourth-order valence-electron chi connectivity index (χ4n) is 7.86. The van der Waals surface area contributed by atoms with Crippen LogP contribution in [-0.4, -0.2) is 11.7 Å². The Morgan fingerprint density at radius 1 is 0.944 bits per heavy atom. The zero-order chi connectivity index (χ0) is 11.6. The van der Waals surface area contributed by atoms with Crippen LogP contribution in [0.2, 0.25) is 0 Å². The second-order valence-corrected chi connectivity index (χ2v) is 8.25. The van der Waals surface area contributed by atoms with Gasteiger partial charge in [0, 0.05) is 5.92 Å². The number of hydrogen-bond acceptors (Lipinski definition) is 1. The Hall–Kier alpha value is -0.300. The summed E-state index contributed by atoms with van der Waals surface area (Å²) < 4.78 is 6.72. The summed E-state index contributed by atoms with van der Waals surface area (Å²) in [6.07, 6.45) is 11.7. The molecule has 2 saturated heterocycles. The van der Waals surface area contributed by atoms with Crippen LogP contribution in [0.4, 0.5) is 0 Å². The van der Waals surface area contributed by atoms with Gasteiger partial charge in [0.2, 0.25) is 0 Å². The van der Waals surface area contributed by atoms with E-state index in [1.165, 1.54) is 19.3 Å². The Labute approximate surface area is 109 Å². The first-order chi connectivity index (χ1) is 8.77. The van der Waals surface area contributed by atoms with Gasteiger partial charge in [0.1, 0.15) is 0 Å². The molecular formula is C17H22O. The van der Waals surface area contributed by atoms with Crippen LogP contribution in [0.1, 0.15) is 32.6 Å². The topological polar surface area (TPSA) is 9.23 Å². The molecule has 10 unspecified atom stereocenters. The number of ether oxygens (including phenoxy) is 1. The lowest BCUT2D eigenvalue weighted by atomic mass is 9.56. The van der Waals surface area contributed by atoms with Crippen molar-refractivity contribution in [3.63, 3.8) is 0 Å². The fraction of sp³-hybridized carbons (Fsp3) is 0.882. The molecule has 0 N–H and O–H groups in total. The summed E-state index contributed by atoms with van der Waals surface area (Å²) in [4.78, 5) is 0. The summed E-state index contributed by atoms with van der Waals surface area (Å²) in [7, 11) is 0. The molecule has 4 aliphatic carbocycles. The molecule has 0 aromatic carbocycles. The lowest BCUT2D eigenvalue weighted by Gasteiger charge is -2.45. The predicted octanol–water partition coefficient (Wildman–Crippen LogP) is 3.26. The molecule has 6 bridgehead atoms. The molecule has 18 heavy (non-hydrogen) atoms. The number of fused-ring (bicyclic) bond motifs is 16. The van der Waals surface area contributed by atoms with E-state index in [0.29, 0.717) is 6.10 Å². The van der Waals surface area contributed by atoms with Crippen molar-refractivity contribution in [2.75, 3.05) is 0 Å². The summed E-state index contributed by atoms with van der Waals surface area (Å²) in [6, 6.07) is 0. The molecular weight excluding hydrogens is 220 g/mol. The van der Waals surface area contributed by atoms with Gasteiger partial charge < -0.3 is 4.74 Å². The smallest absolute Gasteiger partial charge is 0.0730 e. The number of rotatable bonds is 0. The summed E-state index contributed by atoms with van der Waals surface area (Å²) in [6.45, 7) is 2.50. The monoisotopic (exact) mass is 242 g/mol. The number of hydrogen-bond donors (Lipinski definition) is 0. The normalized spacial score (nSPS) is 73.3. The van der Waals surface area contributed by atoms with E-state index < -0.39 is 0 Å². The minimum Gasteiger partial charge on any atom is -0.371 e. The van der Waals surface area contributed by atoms with Crippen LogP contribution in [0.25, 0.3) is 0 Å². The van der Waals surface area contributed by atoms with E-state index in [9.17, 15) is 0 Å². The molecule has 96 valence electrons. The zero-order valence-corrected chi connectivity index (χ0v) is 11.1. The molecule has 2 heterocycles. The highest BCUT2D eigenvalue weighted by Crippen LogP contribution is 2.74. The third-order valence-electron chi connectivity index (χ3n) is 7.97. The molecule has 5 fully saturated rings. The molecule has 10 atom stereocenters. The first-order valence-corrected chi connectivity index (χ1v) is 8.13. The highest BCUT2D eigenvalue weighted by molar-refractivity contribution is 5.28. The molecule has 0 aromatic heterocycles. The summed E-state index contributed by atoms with van der Waals surface area (Å²) in [5.74, 6) is 7.51. The Bertz CT molecular complexity index is 468. The van der Waals surface area contributed by atoms with Crippen molar-refractivity contribution >= 4 is 0 Å². The van der Waals surface area contributed by atoms with Gasteiger partial charge in [0.05, 0.1) is 11.7 Å². The van der Waals surface area contributed by atoms with Gasteiger partial charge in [-0.05, 0) is 74.0 Å². The molecule has 6 aliphatic rings. The van der Waals surface area contributed by atoms with Crippen LogP contribution >= 0.6 is 0 Å². The third kappa shape index (κ3) is 0.763. The molecule has 1 heteroatoms. The maximum Gasteiger partial charge on any atom is 0.0730 e. The molecule has 0 amide bonds. The second-order valence-electron chi connectivity index (χ2n) is 8.25. The highest BCUT2D eigenvalue weighted by Gasteiger charge is 2.75. The van der Waals surface area contributed by atoms with Crippen LogP contribution in [0.15, 0.2) is 12.2 Å². The van der Waals surface area contributed by atoms with Gasteiger partial charge in [-0.15, -0.1) is 0 Å². The van der Waals surface area contributed by atoms with Gasteiger partial charge in [0.25, 0.3) is 0 Å². The van der Waals surface area contributed by atoms with E-state index in [1.54, 1.807) is 6.42 Å². The predicted molar refractivity (Wildman–Crippen MR) is 68.8 cm³/mol. The van der Waals surface area contributed by atoms with Gasteiger partial charge in [-0.1, -0.05) is 12.2 Å². The minimum atomic E-state index is 0.268. The Kier molecular flexibility index (Phi) is 1.39. The first-order valence-electron chi connectivity index (χ1n) is 8.13. The van der Waals surface area contributed by atoms with Crippen LogP contribution < -0.4 is 0 Å². The van der Waals surface area contributed by atoms with E-state index >= 15 is 0 Å². The van der Waals surface area contributed by atoms with Crippen molar-refractivity contribution in [3.05, 3.63) is 12.2 Å². The summed E-state index contributed by atoms with van der Waals surface area (Å²) in [5, 5.41) is 0. The van der Waals surface area contributed by atoms with E-state index in [4.69, 9.17) is 4.74 Å². The van der Waals surface area contributed by atoms with E-state index in [-0.39, 0.29) is 5.60 Å². The maximum atomic E-state index is 6.72. The van der Waals surface area contributed by atoms with Gasteiger partial charge in [-0.2, -0.15) is 0 Å². The quantitative estimate of drug-likeness (QED) is 0.592. The van der Waals surface area contributed by atoms with E-state index in [0.717, 1.165) is 47.3 Å². The highest BCUT2D eigenvalue weighted by atomic mass is 16.5. The molecule has 0 radical (unpaired) electrons. The van der Waals surface area contributed by atoms with Gasteiger partial charge >= 0.3 is 0 Å². The van der Waals surface area contributed by atoms with E-state index in [1.807, 2.05) is 0 Å². The maximum absolute atomic E-state index is 6.72. The Morgan fingerprint density at radius 2 is 1.78 bits per heavy atom. The van der Waals surface area contributed by atoms with Crippen LogP contribution in [0.5, 0.6) is 0 Å². The molecule has 3 saturated carbocycles.